The Hall–Kier alpha value is -0.560. The summed E-state index contributed by atoms with van der Waals surface area (Å²) >= 11 is 0. The van der Waals surface area contributed by atoms with Crippen LogP contribution < -0.4 is 5.73 Å². The van der Waals surface area contributed by atoms with E-state index in [-0.39, 0.29) is 6.04 Å². The van der Waals surface area contributed by atoms with Crippen molar-refractivity contribution in [3.05, 3.63) is 25.3 Å². The normalized spacial score (nSPS) is 13.1. The van der Waals surface area contributed by atoms with Crippen LogP contribution in [0.25, 0.3) is 0 Å². The van der Waals surface area contributed by atoms with Gasteiger partial charge in [0.1, 0.15) is 0 Å². The van der Waals surface area contributed by atoms with Crippen LogP contribution in [0.15, 0.2) is 25.3 Å². The minimum Gasteiger partial charge on any atom is -0.328 e. The van der Waals surface area contributed by atoms with E-state index in [1.54, 1.807) is 0 Å². The molecule has 0 aliphatic carbocycles. The molecule has 0 radical (unpaired) electrons. The molecule has 1 heteroatoms. The predicted molar refractivity (Wildman–Crippen MR) is 46.8 cm³/mol. The molecule has 58 valence electrons. The van der Waals surface area contributed by atoms with Gasteiger partial charge in [0, 0.05) is 6.04 Å². The van der Waals surface area contributed by atoms with Crippen molar-refractivity contribution in [2.24, 2.45) is 11.7 Å². The Morgan fingerprint density at radius 3 is 1.90 bits per heavy atom. The van der Waals surface area contributed by atoms with Crippen LogP contribution in [0.3, 0.4) is 0 Å². The fourth-order valence-corrected chi connectivity index (χ4v) is 0.954. The molecule has 0 aromatic carbocycles. The third-order valence-corrected chi connectivity index (χ3v) is 1.68. The highest BCUT2D eigenvalue weighted by molar-refractivity contribution is 4.83. The Morgan fingerprint density at radius 1 is 1.30 bits per heavy atom. The molecule has 0 spiro atoms. The van der Waals surface area contributed by atoms with E-state index in [0.29, 0.717) is 5.92 Å². The van der Waals surface area contributed by atoms with Gasteiger partial charge in [0.15, 0.2) is 0 Å². The lowest BCUT2D eigenvalue weighted by Gasteiger charge is -2.16. The zero-order valence-electron chi connectivity index (χ0n) is 6.72. The first-order valence-corrected chi connectivity index (χ1v) is 3.69. The van der Waals surface area contributed by atoms with Gasteiger partial charge in [0.05, 0.1) is 0 Å². The van der Waals surface area contributed by atoms with Gasteiger partial charge in [0.2, 0.25) is 0 Å². The number of rotatable bonds is 5. The van der Waals surface area contributed by atoms with Crippen molar-refractivity contribution in [3.8, 4) is 0 Å². The molecule has 0 rings (SSSR count). The second-order valence-electron chi connectivity index (χ2n) is 2.67. The van der Waals surface area contributed by atoms with E-state index in [9.17, 15) is 0 Å². The summed E-state index contributed by atoms with van der Waals surface area (Å²) in [6.45, 7) is 9.38. The molecule has 0 amide bonds. The number of nitrogens with two attached hydrogens (primary N) is 1. The molecule has 0 fully saturated rings. The quantitative estimate of drug-likeness (QED) is 0.580. The van der Waals surface area contributed by atoms with Gasteiger partial charge < -0.3 is 5.73 Å². The lowest BCUT2D eigenvalue weighted by molar-refractivity contribution is 0.454. The largest absolute Gasteiger partial charge is 0.328 e. The van der Waals surface area contributed by atoms with Crippen molar-refractivity contribution in [3.63, 3.8) is 0 Å². The van der Waals surface area contributed by atoms with Crippen molar-refractivity contribution in [1.82, 2.24) is 0 Å². The Kier molecular flexibility index (Phi) is 4.95. The highest BCUT2D eigenvalue weighted by Gasteiger charge is 2.08. The van der Waals surface area contributed by atoms with Gasteiger partial charge in [-0.2, -0.15) is 0 Å². The number of hydrogen-bond donors (Lipinski definition) is 1. The SMILES string of the molecule is C=CCC(CC=C)C(C)N. The first-order chi connectivity index (χ1) is 4.72. The zero-order valence-corrected chi connectivity index (χ0v) is 6.72. The number of allylic oxidation sites excluding steroid dienone is 2. The van der Waals surface area contributed by atoms with Crippen LogP contribution in [0.1, 0.15) is 19.8 Å². The molecule has 1 unspecified atom stereocenters. The highest BCUT2D eigenvalue weighted by Crippen LogP contribution is 2.12. The van der Waals surface area contributed by atoms with E-state index < -0.39 is 0 Å². The highest BCUT2D eigenvalue weighted by atomic mass is 14.6. The fraction of sp³-hybridized carbons (Fsp3) is 0.556. The van der Waals surface area contributed by atoms with E-state index in [2.05, 4.69) is 13.2 Å². The second kappa shape index (κ2) is 5.24. The zero-order chi connectivity index (χ0) is 7.98. The summed E-state index contributed by atoms with van der Waals surface area (Å²) in [5, 5.41) is 0. The summed E-state index contributed by atoms with van der Waals surface area (Å²) < 4.78 is 0. The molecule has 0 bridgehead atoms. The molecule has 0 aromatic rings. The Labute approximate surface area is 63.6 Å². The first-order valence-electron chi connectivity index (χ1n) is 3.69. The molecular weight excluding hydrogens is 122 g/mol. The van der Waals surface area contributed by atoms with Gasteiger partial charge >= 0.3 is 0 Å². The molecule has 10 heavy (non-hydrogen) atoms. The van der Waals surface area contributed by atoms with Gasteiger partial charge in [-0.1, -0.05) is 12.2 Å². The molecule has 0 saturated heterocycles. The standard InChI is InChI=1S/C9H17N/c1-4-6-9(7-5-2)8(3)10/h4-5,8-9H,1-2,6-7,10H2,3H3. The average molecular weight is 139 g/mol. The van der Waals surface area contributed by atoms with Crippen molar-refractivity contribution < 1.29 is 0 Å². The molecule has 0 aliphatic rings. The summed E-state index contributed by atoms with van der Waals surface area (Å²) in [5.41, 5.74) is 5.71. The third-order valence-electron chi connectivity index (χ3n) is 1.68. The van der Waals surface area contributed by atoms with Crippen LogP contribution in [0.5, 0.6) is 0 Å². The maximum absolute atomic E-state index is 5.71. The summed E-state index contributed by atoms with van der Waals surface area (Å²) in [5.74, 6) is 0.523. The smallest absolute Gasteiger partial charge is 0.00446 e. The van der Waals surface area contributed by atoms with Crippen molar-refractivity contribution >= 4 is 0 Å². The molecule has 0 aliphatic heterocycles. The van der Waals surface area contributed by atoms with Gasteiger partial charge in [-0.25, -0.2) is 0 Å². The van der Waals surface area contributed by atoms with Crippen LogP contribution in [0.4, 0.5) is 0 Å². The van der Waals surface area contributed by atoms with E-state index in [0.717, 1.165) is 12.8 Å². The van der Waals surface area contributed by atoms with Crippen LogP contribution >= 0.6 is 0 Å². The van der Waals surface area contributed by atoms with E-state index >= 15 is 0 Å². The molecule has 2 N–H and O–H groups in total. The minimum atomic E-state index is 0.246. The lowest BCUT2D eigenvalue weighted by Crippen LogP contribution is -2.25. The van der Waals surface area contributed by atoms with Gasteiger partial charge in [-0.15, -0.1) is 13.2 Å². The van der Waals surface area contributed by atoms with Crippen molar-refractivity contribution in [2.45, 2.75) is 25.8 Å². The van der Waals surface area contributed by atoms with Gasteiger partial charge in [0.25, 0.3) is 0 Å². The van der Waals surface area contributed by atoms with E-state index in [1.807, 2.05) is 19.1 Å². The molecule has 0 heterocycles. The maximum atomic E-state index is 5.71. The van der Waals surface area contributed by atoms with Crippen molar-refractivity contribution in [1.29, 1.82) is 0 Å². The molecule has 0 saturated carbocycles. The topological polar surface area (TPSA) is 26.0 Å². The van der Waals surface area contributed by atoms with Crippen molar-refractivity contribution in [2.75, 3.05) is 0 Å². The third kappa shape index (κ3) is 3.46. The minimum absolute atomic E-state index is 0.246. The van der Waals surface area contributed by atoms with E-state index in [4.69, 9.17) is 5.73 Å². The van der Waals surface area contributed by atoms with Gasteiger partial charge in [-0.3, -0.25) is 0 Å². The van der Waals surface area contributed by atoms with Crippen LogP contribution in [-0.4, -0.2) is 6.04 Å². The van der Waals surface area contributed by atoms with Gasteiger partial charge in [-0.05, 0) is 25.7 Å². The molecular formula is C9H17N. The molecule has 0 aromatic heterocycles. The lowest BCUT2D eigenvalue weighted by atomic mass is 9.95. The fourth-order valence-electron chi connectivity index (χ4n) is 0.954. The Balaban J connectivity index is 3.70. The number of hydrogen-bond acceptors (Lipinski definition) is 1. The Morgan fingerprint density at radius 2 is 1.70 bits per heavy atom. The second-order valence-corrected chi connectivity index (χ2v) is 2.67. The summed E-state index contributed by atoms with van der Waals surface area (Å²) in [6, 6.07) is 0.246. The first kappa shape index (κ1) is 9.44. The Bertz CT molecular complexity index is 95.3. The average Bonchev–Trinajstić information content (AvgIpc) is 1.87. The summed E-state index contributed by atoms with van der Waals surface area (Å²) in [4.78, 5) is 0. The van der Waals surface area contributed by atoms with Crippen LogP contribution in [0.2, 0.25) is 0 Å². The predicted octanol–water partition coefficient (Wildman–Crippen LogP) is 2.10. The van der Waals surface area contributed by atoms with E-state index in [1.165, 1.54) is 0 Å². The summed E-state index contributed by atoms with van der Waals surface area (Å²) in [7, 11) is 0. The maximum Gasteiger partial charge on any atom is 0.00446 e. The molecule has 1 atom stereocenters. The van der Waals surface area contributed by atoms with Crippen LogP contribution in [0, 0.1) is 5.92 Å². The van der Waals surface area contributed by atoms with Crippen LogP contribution in [-0.2, 0) is 0 Å². The monoisotopic (exact) mass is 139 g/mol. The molecule has 1 nitrogen and oxygen atoms in total. The summed E-state index contributed by atoms with van der Waals surface area (Å²) in [6.07, 6.45) is 5.81.